The van der Waals surface area contributed by atoms with Gasteiger partial charge in [-0.15, -0.1) is 0 Å². The second kappa shape index (κ2) is 5.69. The molecule has 0 saturated heterocycles. The maximum Gasteiger partial charge on any atom is 0.321 e. The monoisotopic (exact) mass is 333 g/mol. The zero-order valence-corrected chi connectivity index (χ0v) is 14.3. The van der Waals surface area contributed by atoms with Crippen LogP contribution in [0.4, 0.5) is 14.5 Å². The van der Waals surface area contributed by atoms with E-state index in [2.05, 4.69) is 18.9 Å². The van der Waals surface area contributed by atoms with E-state index in [1.165, 1.54) is 17.1 Å². The van der Waals surface area contributed by atoms with Gasteiger partial charge in [-0.1, -0.05) is 32.9 Å². The molecule has 1 aliphatic rings. The molecule has 1 aromatic heterocycles. The van der Waals surface area contributed by atoms with Gasteiger partial charge < -0.3 is 0 Å². The number of carbonyl (C=O) groups excluding carboxylic acids is 1. The number of hydrogen-bond donors (Lipinski definition) is 0. The van der Waals surface area contributed by atoms with Crippen LogP contribution < -0.4 is 4.90 Å². The molecule has 0 fully saturated rings. The van der Waals surface area contributed by atoms with Gasteiger partial charge in [-0.05, 0) is 34.9 Å². The van der Waals surface area contributed by atoms with Gasteiger partial charge in [0.1, 0.15) is 0 Å². The summed E-state index contributed by atoms with van der Waals surface area (Å²) in [5.74, 6) is -0.613. The van der Waals surface area contributed by atoms with Gasteiger partial charge in [-0.25, -0.2) is 0 Å². The van der Waals surface area contributed by atoms with Crippen LogP contribution in [-0.2, 0) is 12.5 Å². The van der Waals surface area contributed by atoms with Crippen LogP contribution in [0, 0.1) is 0 Å². The molecule has 1 aromatic carbocycles. The first-order chi connectivity index (χ1) is 11.2. The molecule has 4 nitrogen and oxygen atoms in total. The first-order valence-electron chi connectivity index (χ1n) is 7.96. The van der Waals surface area contributed by atoms with Gasteiger partial charge in [0.25, 0.3) is 5.91 Å². The number of amides is 1. The minimum Gasteiger partial charge on any atom is -0.275 e. The minimum atomic E-state index is -2.92. The largest absolute Gasteiger partial charge is 0.321 e. The fourth-order valence-corrected chi connectivity index (χ4v) is 3.82. The molecule has 2 aromatic rings. The highest BCUT2D eigenvalue weighted by molar-refractivity contribution is 6.06. The zero-order valence-electron chi connectivity index (χ0n) is 14.3. The number of hydrogen-bond acceptors (Lipinski definition) is 2. The summed E-state index contributed by atoms with van der Waals surface area (Å²) in [6.45, 7) is 3.32. The lowest BCUT2D eigenvalue weighted by molar-refractivity contribution is 0.0838. The van der Waals surface area contributed by atoms with E-state index in [0.717, 1.165) is 17.5 Å². The van der Waals surface area contributed by atoms with Gasteiger partial charge in [0.05, 0.1) is 17.4 Å². The van der Waals surface area contributed by atoms with E-state index in [9.17, 15) is 13.6 Å². The zero-order chi connectivity index (χ0) is 17.6. The molecule has 0 bridgehead atoms. The molecule has 0 unspecified atom stereocenters. The highest BCUT2D eigenvalue weighted by Gasteiger charge is 2.39. The molecule has 0 N–H and O–H groups in total. The van der Waals surface area contributed by atoms with Gasteiger partial charge in [-0.2, -0.15) is 13.9 Å². The lowest BCUT2D eigenvalue weighted by Crippen LogP contribution is -2.36. The van der Waals surface area contributed by atoms with E-state index >= 15 is 0 Å². The maximum absolute atomic E-state index is 13.8. The number of rotatable bonds is 3. The third kappa shape index (κ3) is 2.60. The smallest absolute Gasteiger partial charge is 0.275 e. The first-order valence-corrected chi connectivity index (χ1v) is 7.96. The van der Waals surface area contributed by atoms with Crippen LogP contribution in [0.25, 0.3) is 0 Å². The number of alkyl halides is 2. The van der Waals surface area contributed by atoms with Crippen molar-refractivity contribution in [2.75, 3.05) is 4.90 Å². The first kappa shape index (κ1) is 16.6. The average molecular weight is 333 g/mol. The standard InChI is InChI=1S/C18H21F2N3O/c1-11-8-18(2,3)13-6-5-7-14(15(11)13)23(17(19)20)16(24)12-9-21-22(4)10-12/h5-7,9-11,17H,8H2,1-4H3/t11-/m0/s1. The van der Waals surface area contributed by atoms with Crippen molar-refractivity contribution in [2.45, 2.75) is 45.1 Å². The Morgan fingerprint density at radius 3 is 2.71 bits per heavy atom. The summed E-state index contributed by atoms with van der Waals surface area (Å²) in [7, 11) is 1.65. The van der Waals surface area contributed by atoms with E-state index in [-0.39, 0.29) is 16.9 Å². The van der Waals surface area contributed by atoms with Gasteiger partial charge in [-0.3, -0.25) is 14.4 Å². The lowest BCUT2D eigenvalue weighted by Gasteiger charge is -2.26. The number of aromatic nitrogens is 2. The van der Waals surface area contributed by atoms with Crippen LogP contribution in [0.15, 0.2) is 30.6 Å². The van der Waals surface area contributed by atoms with E-state index in [1.54, 1.807) is 19.2 Å². The van der Waals surface area contributed by atoms with Crippen LogP contribution >= 0.6 is 0 Å². The molecule has 0 spiro atoms. The minimum absolute atomic E-state index is 0.0874. The number of anilines is 1. The molecule has 3 rings (SSSR count). The van der Waals surface area contributed by atoms with E-state index < -0.39 is 12.5 Å². The van der Waals surface area contributed by atoms with Crippen LogP contribution in [0.2, 0.25) is 0 Å². The molecule has 24 heavy (non-hydrogen) atoms. The van der Waals surface area contributed by atoms with E-state index in [1.807, 2.05) is 13.0 Å². The lowest BCUT2D eigenvalue weighted by atomic mass is 9.86. The average Bonchev–Trinajstić information content (AvgIpc) is 3.01. The summed E-state index contributed by atoms with van der Waals surface area (Å²) in [6.07, 6.45) is 3.64. The Bertz CT molecular complexity index is 782. The van der Waals surface area contributed by atoms with Crippen LogP contribution in [0.3, 0.4) is 0 Å². The Hall–Kier alpha value is -2.24. The van der Waals surface area contributed by atoms with Crippen LogP contribution in [0.1, 0.15) is 54.6 Å². The topological polar surface area (TPSA) is 38.1 Å². The van der Waals surface area contributed by atoms with Gasteiger partial charge >= 0.3 is 6.55 Å². The quantitative estimate of drug-likeness (QED) is 0.794. The normalized spacial score (nSPS) is 18.7. The van der Waals surface area contributed by atoms with Crippen molar-refractivity contribution in [3.05, 3.63) is 47.3 Å². The molecule has 0 aliphatic heterocycles. The van der Waals surface area contributed by atoms with Gasteiger partial charge in [0, 0.05) is 13.2 Å². The molecule has 1 heterocycles. The Labute approximate surface area is 140 Å². The number of fused-ring (bicyclic) bond motifs is 1. The Morgan fingerprint density at radius 2 is 2.12 bits per heavy atom. The number of nitrogens with zero attached hydrogens (tertiary/aromatic N) is 3. The number of aryl methyl sites for hydroxylation is 1. The molecule has 1 amide bonds. The molecule has 0 radical (unpaired) electrons. The van der Waals surface area contributed by atoms with E-state index in [0.29, 0.717) is 10.6 Å². The SMILES string of the molecule is C[C@H]1CC(C)(C)c2cccc(N(C(=O)c3cnn(C)c3)C(F)F)c21. The molecule has 6 heteroatoms. The predicted molar refractivity (Wildman–Crippen MR) is 88.5 cm³/mol. The molecule has 128 valence electrons. The number of halogens is 2. The molecular weight excluding hydrogens is 312 g/mol. The number of benzene rings is 1. The Morgan fingerprint density at radius 1 is 1.42 bits per heavy atom. The van der Waals surface area contributed by atoms with Crippen molar-refractivity contribution in [3.63, 3.8) is 0 Å². The summed E-state index contributed by atoms with van der Waals surface area (Å²) in [6, 6.07) is 5.33. The summed E-state index contributed by atoms with van der Waals surface area (Å²) < 4.78 is 29.0. The molecule has 1 atom stereocenters. The second-order valence-electron chi connectivity index (χ2n) is 7.08. The fourth-order valence-electron chi connectivity index (χ4n) is 3.82. The number of carbonyl (C=O) groups is 1. The van der Waals surface area contributed by atoms with Crippen molar-refractivity contribution < 1.29 is 13.6 Å². The summed E-state index contributed by atoms with van der Waals surface area (Å²) >= 11 is 0. The summed E-state index contributed by atoms with van der Waals surface area (Å²) in [5.41, 5.74) is 2.25. The maximum atomic E-state index is 13.8. The molecule has 1 aliphatic carbocycles. The Kier molecular flexibility index (Phi) is 3.94. The second-order valence-corrected chi connectivity index (χ2v) is 7.08. The third-order valence-electron chi connectivity index (χ3n) is 4.75. The van der Waals surface area contributed by atoms with Gasteiger partial charge in [0.2, 0.25) is 0 Å². The Balaban J connectivity index is 2.12. The summed E-state index contributed by atoms with van der Waals surface area (Å²) in [4.78, 5) is 13.3. The van der Waals surface area contributed by atoms with Gasteiger partial charge in [0.15, 0.2) is 0 Å². The fraction of sp³-hybridized carbons (Fsp3) is 0.444. The van der Waals surface area contributed by atoms with Crippen molar-refractivity contribution in [2.24, 2.45) is 7.05 Å². The highest BCUT2D eigenvalue weighted by atomic mass is 19.3. The van der Waals surface area contributed by atoms with Crippen LogP contribution in [-0.4, -0.2) is 22.2 Å². The summed E-state index contributed by atoms with van der Waals surface area (Å²) in [5, 5.41) is 3.91. The third-order valence-corrected chi connectivity index (χ3v) is 4.75. The molecular formula is C18H21F2N3O. The predicted octanol–water partition coefficient (Wildman–Crippen LogP) is 4.07. The van der Waals surface area contributed by atoms with Crippen molar-refractivity contribution in [1.29, 1.82) is 0 Å². The van der Waals surface area contributed by atoms with Crippen molar-refractivity contribution >= 4 is 11.6 Å². The van der Waals surface area contributed by atoms with Crippen molar-refractivity contribution in [1.82, 2.24) is 9.78 Å². The van der Waals surface area contributed by atoms with E-state index in [4.69, 9.17) is 0 Å². The highest BCUT2D eigenvalue weighted by Crippen LogP contribution is 2.49. The van der Waals surface area contributed by atoms with Crippen molar-refractivity contribution in [3.8, 4) is 0 Å². The molecule has 0 saturated carbocycles. The van der Waals surface area contributed by atoms with Crippen LogP contribution in [0.5, 0.6) is 0 Å².